The fourth-order valence-corrected chi connectivity index (χ4v) is 2.79. The number of rotatable bonds is 7. The second-order valence-corrected chi connectivity index (χ2v) is 6.58. The Balaban J connectivity index is 2.26. The molecule has 1 heterocycles. The summed E-state index contributed by atoms with van der Waals surface area (Å²) in [5.74, 6) is -0.671. The Morgan fingerprint density at radius 1 is 1.27 bits per heavy atom. The van der Waals surface area contributed by atoms with Crippen molar-refractivity contribution in [1.29, 1.82) is 0 Å². The minimum Gasteiger partial charge on any atom is -0.464 e. The zero-order valence-corrected chi connectivity index (χ0v) is 15.6. The minimum atomic E-state index is -0.729. The molecule has 7 heteroatoms. The number of ether oxygens (including phenoxy) is 1. The van der Waals surface area contributed by atoms with Crippen LogP contribution in [0.3, 0.4) is 0 Å². The molecule has 0 aliphatic heterocycles. The molecule has 1 aromatic heterocycles. The average molecular weight is 359 g/mol. The average Bonchev–Trinajstić information content (AvgIpc) is 2.58. The molecule has 0 unspecified atom stereocenters. The predicted octanol–water partition coefficient (Wildman–Crippen LogP) is 1.80. The standard InChI is InChI=1S/C19H25N3O4/c1-5-26-19(25)15(10-12(2)3)21-17(23)11-22-16-9-7-6-8-14(16)20-13(4)18(22)24/h6-9,12,15H,5,10-11H2,1-4H3,(H,21,23)/t15-/m0/s1. The molecule has 1 atom stereocenters. The van der Waals surface area contributed by atoms with E-state index >= 15 is 0 Å². The minimum absolute atomic E-state index is 0.184. The number of carbonyl (C=O) groups is 2. The summed E-state index contributed by atoms with van der Waals surface area (Å²) in [6.45, 7) is 7.32. The fourth-order valence-electron chi connectivity index (χ4n) is 2.79. The molecular weight excluding hydrogens is 334 g/mol. The Bertz CT molecular complexity index is 857. The maximum Gasteiger partial charge on any atom is 0.328 e. The Morgan fingerprint density at radius 3 is 2.62 bits per heavy atom. The molecule has 0 fully saturated rings. The van der Waals surface area contributed by atoms with Gasteiger partial charge in [-0.1, -0.05) is 26.0 Å². The predicted molar refractivity (Wildman–Crippen MR) is 98.8 cm³/mol. The van der Waals surface area contributed by atoms with Crippen molar-refractivity contribution in [2.45, 2.75) is 46.7 Å². The van der Waals surface area contributed by atoms with Gasteiger partial charge < -0.3 is 10.1 Å². The van der Waals surface area contributed by atoms with Crippen LogP contribution in [0.15, 0.2) is 29.1 Å². The summed E-state index contributed by atoms with van der Waals surface area (Å²) in [4.78, 5) is 41.3. The zero-order chi connectivity index (χ0) is 19.3. The van der Waals surface area contributed by atoms with Crippen molar-refractivity contribution < 1.29 is 14.3 Å². The van der Waals surface area contributed by atoms with Crippen LogP contribution in [-0.2, 0) is 20.9 Å². The van der Waals surface area contributed by atoms with Crippen molar-refractivity contribution in [1.82, 2.24) is 14.9 Å². The van der Waals surface area contributed by atoms with Gasteiger partial charge in [0.2, 0.25) is 5.91 Å². The van der Waals surface area contributed by atoms with E-state index in [0.29, 0.717) is 23.1 Å². The third-order valence-corrected chi connectivity index (χ3v) is 3.93. The van der Waals surface area contributed by atoms with E-state index in [9.17, 15) is 14.4 Å². The van der Waals surface area contributed by atoms with Crippen molar-refractivity contribution >= 4 is 22.9 Å². The van der Waals surface area contributed by atoms with Gasteiger partial charge in [0.1, 0.15) is 18.3 Å². The van der Waals surface area contributed by atoms with Crippen molar-refractivity contribution in [2.75, 3.05) is 6.61 Å². The van der Waals surface area contributed by atoms with E-state index < -0.39 is 17.9 Å². The zero-order valence-electron chi connectivity index (χ0n) is 15.6. The van der Waals surface area contributed by atoms with Gasteiger partial charge in [-0.25, -0.2) is 9.78 Å². The quantitative estimate of drug-likeness (QED) is 0.761. The molecule has 2 rings (SSSR count). The summed E-state index contributed by atoms with van der Waals surface area (Å²) in [6, 6.07) is 6.41. The van der Waals surface area contributed by atoms with E-state index in [0.717, 1.165) is 0 Å². The molecule has 0 bridgehead atoms. The first kappa shape index (κ1) is 19.6. The first-order chi connectivity index (χ1) is 12.3. The number of hydrogen-bond donors (Lipinski definition) is 1. The van der Waals surface area contributed by atoms with Crippen LogP contribution in [0.4, 0.5) is 0 Å². The molecule has 0 aliphatic carbocycles. The van der Waals surface area contributed by atoms with Gasteiger partial charge in [-0.3, -0.25) is 14.2 Å². The summed E-state index contributed by atoms with van der Waals surface area (Å²) in [5, 5.41) is 2.70. The number of amides is 1. The van der Waals surface area contributed by atoms with Crippen LogP contribution in [0.5, 0.6) is 0 Å². The number of nitrogens with zero attached hydrogens (tertiary/aromatic N) is 2. The second-order valence-electron chi connectivity index (χ2n) is 6.58. The third kappa shape index (κ3) is 4.68. The normalized spacial score (nSPS) is 12.2. The van der Waals surface area contributed by atoms with Gasteiger partial charge in [-0.05, 0) is 38.3 Å². The number of nitrogens with one attached hydrogen (secondary N) is 1. The van der Waals surface area contributed by atoms with E-state index in [1.54, 1.807) is 32.0 Å². The molecule has 0 radical (unpaired) electrons. The number of carbonyl (C=O) groups excluding carboxylic acids is 2. The molecule has 140 valence electrons. The lowest BCUT2D eigenvalue weighted by Crippen LogP contribution is -2.45. The van der Waals surface area contributed by atoms with Gasteiger partial charge in [-0.15, -0.1) is 0 Å². The highest BCUT2D eigenvalue weighted by molar-refractivity contribution is 5.85. The van der Waals surface area contributed by atoms with Crippen LogP contribution < -0.4 is 10.9 Å². The Morgan fingerprint density at radius 2 is 1.96 bits per heavy atom. The molecular formula is C19H25N3O4. The van der Waals surface area contributed by atoms with Crippen molar-refractivity contribution in [3.05, 3.63) is 40.3 Å². The summed E-state index contributed by atoms with van der Waals surface area (Å²) in [6.07, 6.45) is 0.468. The lowest BCUT2D eigenvalue weighted by atomic mass is 10.0. The molecule has 7 nitrogen and oxygen atoms in total. The number of hydrogen-bond acceptors (Lipinski definition) is 5. The number of benzene rings is 1. The van der Waals surface area contributed by atoms with Crippen LogP contribution in [0, 0.1) is 12.8 Å². The molecule has 0 aliphatic rings. The lowest BCUT2D eigenvalue weighted by Gasteiger charge is -2.19. The number of aromatic nitrogens is 2. The molecule has 26 heavy (non-hydrogen) atoms. The Labute approximate surface area is 152 Å². The highest BCUT2D eigenvalue weighted by Crippen LogP contribution is 2.10. The lowest BCUT2D eigenvalue weighted by molar-refractivity contribution is -0.148. The summed E-state index contributed by atoms with van der Waals surface area (Å²) >= 11 is 0. The summed E-state index contributed by atoms with van der Waals surface area (Å²) in [5.41, 5.74) is 1.22. The van der Waals surface area contributed by atoms with Gasteiger partial charge in [-0.2, -0.15) is 0 Å². The van der Waals surface area contributed by atoms with Gasteiger partial charge in [0.05, 0.1) is 17.6 Å². The Hall–Kier alpha value is -2.70. The van der Waals surface area contributed by atoms with E-state index in [4.69, 9.17) is 4.74 Å². The molecule has 1 N–H and O–H groups in total. The number of fused-ring (bicyclic) bond motifs is 1. The maximum atomic E-state index is 12.5. The highest BCUT2D eigenvalue weighted by Gasteiger charge is 2.23. The van der Waals surface area contributed by atoms with E-state index in [1.807, 2.05) is 19.9 Å². The van der Waals surface area contributed by atoms with Crippen LogP contribution in [-0.4, -0.2) is 34.1 Å². The SMILES string of the molecule is CCOC(=O)[C@H](CC(C)C)NC(=O)Cn1c(=O)c(C)nc2ccccc21. The van der Waals surface area contributed by atoms with Crippen LogP contribution >= 0.6 is 0 Å². The van der Waals surface area contributed by atoms with Gasteiger partial charge in [0.15, 0.2) is 0 Å². The van der Waals surface area contributed by atoms with Crippen molar-refractivity contribution in [3.63, 3.8) is 0 Å². The number of para-hydroxylation sites is 2. The maximum absolute atomic E-state index is 12.5. The summed E-state index contributed by atoms with van der Waals surface area (Å²) in [7, 11) is 0. The first-order valence-electron chi connectivity index (χ1n) is 8.75. The molecule has 0 saturated heterocycles. The van der Waals surface area contributed by atoms with E-state index in [1.165, 1.54) is 4.57 Å². The molecule has 0 saturated carbocycles. The van der Waals surface area contributed by atoms with Crippen molar-refractivity contribution in [3.8, 4) is 0 Å². The Kier molecular flexibility index (Phi) is 6.49. The molecule has 1 aromatic carbocycles. The smallest absolute Gasteiger partial charge is 0.328 e. The van der Waals surface area contributed by atoms with Gasteiger partial charge >= 0.3 is 5.97 Å². The monoisotopic (exact) mass is 359 g/mol. The molecule has 2 aromatic rings. The van der Waals surface area contributed by atoms with E-state index in [-0.39, 0.29) is 24.6 Å². The number of aryl methyl sites for hydroxylation is 1. The fraction of sp³-hybridized carbons (Fsp3) is 0.474. The van der Waals surface area contributed by atoms with Gasteiger partial charge in [0, 0.05) is 0 Å². The summed E-state index contributed by atoms with van der Waals surface area (Å²) < 4.78 is 6.42. The number of esters is 1. The highest BCUT2D eigenvalue weighted by atomic mass is 16.5. The third-order valence-electron chi connectivity index (χ3n) is 3.93. The van der Waals surface area contributed by atoms with Crippen LogP contribution in [0.2, 0.25) is 0 Å². The first-order valence-corrected chi connectivity index (χ1v) is 8.75. The largest absolute Gasteiger partial charge is 0.464 e. The second kappa shape index (κ2) is 8.60. The van der Waals surface area contributed by atoms with Crippen LogP contribution in [0.1, 0.15) is 32.9 Å². The van der Waals surface area contributed by atoms with Crippen molar-refractivity contribution in [2.24, 2.45) is 5.92 Å². The van der Waals surface area contributed by atoms with Gasteiger partial charge in [0.25, 0.3) is 5.56 Å². The topological polar surface area (TPSA) is 90.3 Å². The molecule has 0 spiro atoms. The van der Waals surface area contributed by atoms with Crippen LogP contribution in [0.25, 0.3) is 11.0 Å². The molecule has 1 amide bonds. The van der Waals surface area contributed by atoms with E-state index in [2.05, 4.69) is 10.3 Å².